The van der Waals surface area contributed by atoms with Crippen molar-refractivity contribution < 1.29 is 4.79 Å². The summed E-state index contributed by atoms with van der Waals surface area (Å²) in [5.41, 5.74) is 1.75. The molecule has 0 aliphatic carbocycles. The van der Waals surface area contributed by atoms with Crippen LogP contribution in [0.1, 0.15) is 43.0 Å². The summed E-state index contributed by atoms with van der Waals surface area (Å²) in [5.74, 6) is 0.162. The van der Waals surface area contributed by atoms with Gasteiger partial charge in [0.25, 0.3) is 5.91 Å². The van der Waals surface area contributed by atoms with Crippen LogP contribution in [0.4, 0.5) is 0 Å². The van der Waals surface area contributed by atoms with E-state index in [0.29, 0.717) is 6.04 Å². The van der Waals surface area contributed by atoms with E-state index in [1.165, 1.54) is 6.42 Å². The molecule has 1 N–H and O–H groups in total. The van der Waals surface area contributed by atoms with Crippen LogP contribution < -0.4 is 0 Å². The molecule has 0 bridgehead atoms. The molecular weight excluding hydrogens is 238 g/mol. The van der Waals surface area contributed by atoms with Gasteiger partial charge < -0.3 is 4.90 Å². The molecule has 1 aromatic carbocycles. The summed E-state index contributed by atoms with van der Waals surface area (Å²) in [6.45, 7) is 3.05. The number of nitrogens with one attached hydrogen (secondary N) is 1. The van der Waals surface area contributed by atoms with Gasteiger partial charge in [-0.1, -0.05) is 6.92 Å². The predicted molar refractivity (Wildman–Crippen MR) is 75.1 cm³/mol. The normalized spacial score (nSPS) is 19.8. The number of carbonyl (C=O) groups is 1. The molecule has 1 atom stereocenters. The molecule has 100 valence electrons. The van der Waals surface area contributed by atoms with Crippen LogP contribution in [0, 0.1) is 0 Å². The van der Waals surface area contributed by atoms with Crippen LogP contribution in [0.5, 0.6) is 0 Å². The van der Waals surface area contributed by atoms with E-state index in [0.717, 1.165) is 42.3 Å². The maximum absolute atomic E-state index is 12.6. The second-order valence-electron chi connectivity index (χ2n) is 5.23. The number of hydrogen-bond acceptors (Lipinski definition) is 2. The highest BCUT2D eigenvalue weighted by atomic mass is 16.2. The summed E-state index contributed by atoms with van der Waals surface area (Å²) in [6, 6.07) is 6.16. The highest BCUT2D eigenvalue weighted by molar-refractivity contribution is 5.98. The lowest BCUT2D eigenvalue weighted by Crippen LogP contribution is -2.43. The van der Waals surface area contributed by atoms with E-state index in [4.69, 9.17) is 0 Å². The smallest absolute Gasteiger partial charge is 0.254 e. The number of amides is 1. The van der Waals surface area contributed by atoms with E-state index in [1.807, 2.05) is 23.1 Å². The molecule has 1 amide bonds. The molecule has 1 fully saturated rings. The highest BCUT2D eigenvalue weighted by Crippen LogP contribution is 2.23. The monoisotopic (exact) mass is 257 g/mol. The lowest BCUT2D eigenvalue weighted by molar-refractivity contribution is 0.0608. The Morgan fingerprint density at radius 2 is 2.37 bits per heavy atom. The molecule has 1 aliphatic heterocycles. The number of aromatic amines is 1. The number of hydrogen-bond donors (Lipinski definition) is 1. The quantitative estimate of drug-likeness (QED) is 0.899. The predicted octanol–water partition coefficient (Wildman–Crippen LogP) is 2.97. The summed E-state index contributed by atoms with van der Waals surface area (Å²) in [6.07, 6.45) is 6.30. The van der Waals surface area contributed by atoms with Crippen molar-refractivity contribution in [1.82, 2.24) is 15.1 Å². The molecule has 1 saturated heterocycles. The molecule has 1 aliphatic rings. The third kappa shape index (κ3) is 2.23. The van der Waals surface area contributed by atoms with Crippen LogP contribution in [0.15, 0.2) is 24.4 Å². The number of H-pyrrole nitrogens is 1. The first-order valence-corrected chi connectivity index (χ1v) is 7.03. The van der Waals surface area contributed by atoms with Gasteiger partial charge in [-0.05, 0) is 43.9 Å². The van der Waals surface area contributed by atoms with E-state index in [-0.39, 0.29) is 5.91 Å². The first-order valence-electron chi connectivity index (χ1n) is 7.03. The van der Waals surface area contributed by atoms with E-state index in [9.17, 15) is 4.79 Å². The number of piperidine rings is 1. The van der Waals surface area contributed by atoms with Crippen molar-refractivity contribution in [2.75, 3.05) is 6.54 Å². The molecule has 3 rings (SSSR count). The SMILES string of the molecule is CCC1CCCCN1C(=O)c1ccc2[nH]ncc2c1. The molecule has 1 aromatic heterocycles. The summed E-state index contributed by atoms with van der Waals surface area (Å²) in [5, 5.41) is 7.90. The topological polar surface area (TPSA) is 49.0 Å². The molecule has 2 aromatic rings. The standard InChI is InChI=1S/C15H19N3O/c1-2-13-5-3-4-8-18(13)15(19)11-6-7-14-12(9-11)10-16-17-14/h6-7,9-10,13H,2-5,8H2,1H3,(H,16,17). The van der Waals surface area contributed by atoms with Crippen LogP contribution in [0.2, 0.25) is 0 Å². The van der Waals surface area contributed by atoms with Gasteiger partial charge in [-0.2, -0.15) is 5.10 Å². The molecule has 0 radical (unpaired) electrons. The lowest BCUT2D eigenvalue weighted by Gasteiger charge is -2.35. The van der Waals surface area contributed by atoms with Gasteiger partial charge in [0.1, 0.15) is 0 Å². The number of carbonyl (C=O) groups excluding carboxylic acids is 1. The summed E-state index contributed by atoms with van der Waals surface area (Å²) in [7, 11) is 0. The van der Waals surface area contributed by atoms with Crippen molar-refractivity contribution >= 4 is 16.8 Å². The molecule has 1 unspecified atom stereocenters. The highest BCUT2D eigenvalue weighted by Gasteiger charge is 2.26. The number of likely N-dealkylation sites (tertiary alicyclic amines) is 1. The molecule has 4 heteroatoms. The fourth-order valence-electron chi connectivity index (χ4n) is 2.93. The van der Waals surface area contributed by atoms with Crippen LogP contribution in [-0.4, -0.2) is 33.6 Å². The number of nitrogens with zero attached hydrogens (tertiary/aromatic N) is 2. The van der Waals surface area contributed by atoms with Crippen LogP contribution in [-0.2, 0) is 0 Å². The Hall–Kier alpha value is -1.84. The van der Waals surface area contributed by atoms with Gasteiger partial charge in [0.15, 0.2) is 0 Å². The van der Waals surface area contributed by atoms with E-state index >= 15 is 0 Å². The minimum atomic E-state index is 0.162. The Bertz CT molecular complexity index is 590. The van der Waals surface area contributed by atoms with Gasteiger partial charge in [0, 0.05) is 23.5 Å². The van der Waals surface area contributed by atoms with E-state index in [1.54, 1.807) is 6.20 Å². The van der Waals surface area contributed by atoms with Crippen molar-refractivity contribution in [3.8, 4) is 0 Å². The first kappa shape index (κ1) is 12.2. The average molecular weight is 257 g/mol. The average Bonchev–Trinajstić information content (AvgIpc) is 2.93. The Balaban J connectivity index is 1.89. The molecule has 2 heterocycles. The molecule has 0 saturated carbocycles. The minimum Gasteiger partial charge on any atom is -0.336 e. The zero-order valence-electron chi connectivity index (χ0n) is 11.2. The Morgan fingerprint density at radius 1 is 1.47 bits per heavy atom. The maximum atomic E-state index is 12.6. The number of rotatable bonds is 2. The van der Waals surface area contributed by atoms with Crippen molar-refractivity contribution in [3.63, 3.8) is 0 Å². The van der Waals surface area contributed by atoms with Gasteiger partial charge in [-0.25, -0.2) is 0 Å². The summed E-state index contributed by atoms with van der Waals surface area (Å²) < 4.78 is 0. The summed E-state index contributed by atoms with van der Waals surface area (Å²) in [4.78, 5) is 14.7. The number of aromatic nitrogens is 2. The third-order valence-corrected chi connectivity index (χ3v) is 4.05. The van der Waals surface area contributed by atoms with Crippen LogP contribution >= 0.6 is 0 Å². The largest absolute Gasteiger partial charge is 0.336 e. The number of benzene rings is 1. The fraction of sp³-hybridized carbons (Fsp3) is 0.467. The Kier molecular flexibility index (Phi) is 3.23. The lowest BCUT2D eigenvalue weighted by atomic mass is 9.98. The van der Waals surface area contributed by atoms with Crippen LogP contribution in [0.3, 0.4) is 0 Å². The maximum Gasteiger partial charge on any atom is 0.254 e. The van der Waals surface area contributed by atoms with Crippen molar-refractivity contribution in [2.24, 2.45) is 0 Å². The van der Waals surface area contributed by atoms with Gasteiger partial charge in [0.05, 0.1) is 11.7 Å². The Labute approximate surface area is 112 Å². The van der Waals surface area contributed by atoms with Gasteiger partial charge >= 0.3 is 0 Å². The minimum absolute atomic E-state index is 0.162. The van der Waals surface area contributed by atoms with Crippen molar-refractivity contribution in [2.45, 2.75) is 38.6 Å². The van der Waals surface area contributed by atoms with Gasteiger partial charge in [0.2, 0.25) is 0 Å². The van der Waals surface area contributed by atoms with Crippen molar-refractivity contribution in [1.29, 1.82) is 0 Å². The molecule has 0 spiro atoms. The second-order valence-corrected chi connectivity index (χ2v) is 5.23. The second kappa shape index (κ2) is 5.03. The van der Waals surface area contributed by atoms with Gasteiger partial charge in [-0.15, -0.1) is 0 Å². The third-order valence-electron chi connectivity index (χ3n) is 4.05. The zero-order valence-corrected chi connectivity index (χ0v) is 11.2. The van der Waals surface area contributed by atoms with Crippen LogP contribution in [0.25, 0.3) is 10.9 Å². The zero-order chi connectivity index (χ0) is 13.2. The Morgan fingerprint density at radius 3 is 3.21 bits per heavy atom. The first-order chi connectivity index (χ1) is 9.29. The molecule has 4 nitrogen and oxygen atoms in total. The number of fused-ring (bicyclic) bond motifs is 1. The molecule has 19 heavy (non-hydrogen) atoms. The van der Waals surface area contributed by atoms with E-state index in [2.05, 4.69) is 17.1 Å². The fourth-order valence-corrected chi connectivity index (χ4v) is 2.93. The van der Waals surface area contributed by atoms with Gasteiger partial charge in [-0.3, -0.25) is 9.89 Å². The summed E-state index contributed by atoms with van der Waals surface area (Å²) >= 11 is 0. The van der Waals surface area contributed by atoms with Crippen molar-refractivity contribution in [3.05, 3.63) is 30.0 Å². The van der Waals surface area contributed by atoms with E-state index < -0.39 is 0 Å². The molecular formula is C15H19N3O.